The zero-order valence-corrected chi connectivity index (χ0v) is 14.1. The highest BCUT2D eigenvalue weighted by molar-refractivity contribution is 9.11. The Balaban J connectivity index is 2.28. The quantitative estimate of drug-likeness (QED) is 0.725. The van der Waals surface area contributed by atoms with Gasteiger partial charge in [-0.15, -0.1) is 0 Å². The topological polar surface area (TPSA) is 34.1 Å². The molecule has 0 saturated carbocycles. The van der Waals surface area contributed by atoms with Crippen molar-refractivity contribution in [3.8, 4) is 5.75 Å². The molecule has 1 aromatic carbocycles. The van der Waals surface area contributed by atoms with Crippen molar-refractivity contribution < 1.29 is 4.74 Å². The van der Waals surface area contributed by atoms with Gasteiger partial charge in [-0.05, 0) is 66.0 Å². The SMILES string of the molecule is COc1cc(Nc2ncc(Br)cc2Br)ccc1Br. The number of methoxy groups -OCH3 is 1. The van der Waals surface area contributed by atoms with Crippen LogP contribution in [0.25, 0.3) is 0 Å². The van der Waals surface area contributed by atoms with Crippen LogP contribution in [0.15, 0.2) is 43.9 Å². The molecule has 0 bridgehead atoms. The molecule has 0 aliphatic carbocycles. The fourth-order valence-electron chi connectivity index (χ4n) is 1.38. The van der Waals surface area contributed by atoms with Crippen LogP contribution in [0, 0.1) is 0 Å². The highest BCUT2D eigenvalue weighted by Gasteiger charge is 2.05. The summed E-state index contributed by atoms with van der Waals surface area (Å²) in [6.45, 7) is 0. The summed E-state index contributed by atoms with van der Waals surface area (Å²) in [6, 6.07) is 7.71. The number of nitrogens with one attached hydrogen (secondary N) is 1. The number of nitrogens with zero attached hydrogens (tertiary/aromatic N) is 1. The van der Waals surface area contributed by atoms with Gasteiger partial charge in [-0.2, -0.15) is 0 Å². The van der Waals surface area contributed by atoms with Crippen LogP contribution in [0.4, 0.5) is 11.5 Å². The van der Waals surface area contributed by atoms with Gasteiger partial charge in [0.2, 0.25) is 0 Å². The molecule has 1 heterocycles. The van der Waals surface area contributed by atoms with E-state index in [2.05, 4.69) is 58.1 Å². The lowest BCUT2D eigenvalue weighted by Crippen LogP contribution is -1.95. The molecule has 0 aliphatic rings. The molecule has 0 unspecified atom stereocenters. The average molecular weight is 437 g/mol. The Morgan fingerprint density at radius 2 is 1.89 bits per heavy atom. The van der Waals surface area contributed by atoms with Crippen molar-refractivity contribution in [3.05, 3.63) is 43.9 Å². The largest absolute Gasteiger partial charge is 0.495 e. The lowest BCUT2D eigenvalue weighted by Gasteiger charge is -2.10. The summed E-state index contributed by atoms with van der Waals surface area (Å²) in [5.74, 6) is 1.52. The summed E-state index contributed by atoms with van der Waals surface area (Å²) in [5.41, 5.74) is 0.908. The molecule has 2 aromatic rings. The van der Waals surface area contributed by atoms with Gasteiger partial charge in [-0.3, -0.25) is 0 Å². The third-order valence-corrected chi connectivity index (χ3v) is 3.91. The molecule has 2 rings (SSSR count). The number of hydrogen-bond acceptors (Lipinski definition) is 3. The highest BCUT2D eigenvalue weighted by atomic mass is 79.9. The maximum atomic E-state index is 5.25. The Hall–Kier alpha value is -0.590. The first-order valence-electron chi connectivity index (χ1n) is 5.02. The van der Waals surface area contributed by atoms with Crippen molar-refractivity contribution in [3.63, 3.8) is 0 Å². The van der Waals surface area contributed by atoms with Crippen LogP contribution in [0.3, 0.4) is 0 Å². The van der Waals surface area contributed by atoms with E-state index in [0.717, 1.165) is 30.7 Å². The molecular formula is C12H9Br3N2O. The molecule has 0 atom stereocenters. The van der Waals surface area contributed by atoms with E-state index in [-0.39, 0.29) is 0 Å². The molecule has 0 spiro atoms. The maximum Gasteiger partial charge on any atom is 0.144 e. The molecule has 0 aliphatic heterocycles. The number of hydrogen-bond donors (Lipinski definition) is 1. The molecule has 0 fully saturated rings. The number of benzene rings is 1. The smallest absolute Gasteiger partial charge is 0.144 e. The third kappa shape index (κ3) is 3.24. The summed E-state index contributed by atoms with van der Waals surface area (Å²) >= 11 is 10.2. The van der Waals surface area contributed by atoms with Crippen LogP contribution in [0.5, 0.6) is 5.75 Å². The minimum absolute atomic E-state index is 0.752. The molecular weight excluding hydrogens is 428 g/mol. The van der Waals surface area contributed by atoms with Gasteiger partial charge in [0, 0.05) is 22.4 Å². The number of halogens is 3. The number of pyridine rings is 1. The Labute approximate surface area is 130 Å². The molecule has 6 heteroatoms. The second kappa shape index (κ2) is 6.04. The molecule has 3 nitrogen and oxygen atoms in total. The van der Waals surface area contributed by atoms with Crippen LogP contribution < -0.4 is 10.1 Å². The fraction of sp³-hybridized carbons (Fsp3) is 0.0833. The summed E-state index contributed by atoms with van der Waals surface area (Å²) in [5, 5.41) is 3.22. The van der Waals surface area contributed by atoms with Gasteiger partial charge in [-0.25, -0.2) is 4.98 Å². The second-order valence-corrected chi connectivity index (χ2v) is 6.08. The van der Waals surface area contributed by atoms with E-state index in [1.165, 1.54) is 0 Å². The van der Waals surface area contributed by atoms with Crippen LogP contribution >= 0.6 is 47.8 Å². The van der Waals surface area contributed by atoms with Crippen molar-refractivity contribution in [1.29, 1.82) is 0 Å². The van der Waals surface area contributed by atoms with E-state index >= 15 is 0 Å². The second-order valence-electron chi connectivity index (χ2n) is 3.46. The molecule has 18 heavy (non-hydrogen) atoms. The summed E-state index contributed by atoms with van der Waals surface area (Å²) < 4.78 is 7.97. The first-order valence-corrected chi connectivity index (χ1v) is 7.39. The summed E-state index contributed by atoms with van der Waals surface area (Å²) in [6.07, 6.45) is 1.74. The van der Waals surface area contributed by atoms with E-state index < -0.39 is 0 Å². The van der Waals surface area contributed by atoms with Crippen molar-refractivity contribution in [2.24, 2.45) is 0 Å². The van der Waals surface area contributed by atoms with Gasteiger partial charge in [0.25, 0.3) is 0 Å². The molecule has 0 radical (unpaired) electrons. The Bertz CT molecular complexity index is 575. The lowest BCUT2D eigenvalue weighted by atomic mass is 10.3. The maximum absolute atomic E-state index is 5.25. The van der Waals surface area contributed by atoms with Crippen LogP contribution in [-0.2, 0) is 0 Å². The minimum Gasteiger partial charge on any atom is -0.495 e. The number of ether oxygens (including phenoxy) is 1. The zero-order valence-electron chi connectivity index (χ0n) is 9.38. The van der Waals surface area contributed by atoms with Gasteiger partial charge < -0.3 is 10.1 Å². The normalized spacial score (nSPS) is 10.2. The van der Waals surface area contributed by atoms with Crippen molar-refractivity contribution in [1.82, 2.24) is 4.98 Å². The standard InChI is InChI=1S/C12H9Br3N2O/c1-18-11-5-8(2-3-9(11)14)17-12-10(15)4-7(13)6-16-12/h2-6H,1H3,(H,16,17). The minimum atomic E-state index is 0.752. The van der Waals surface area contributed by atoms with E-state index in [9.17, 15) is 0 Å². The monoisotopic (exact) mass is 434 g/mol. The zero-order chi connectivity index (χ0) is 13.1. The number of anilines is 2. The first-order chi connectivity index (χ1) is 8.60. The Morgan fingerprint density at radius 1 is 1.11 bits per heavy atom. The van der Waals surface area contributed by atoms with Crippen LogP contribution in [0.2, 0.25) is 0 Å². The summed E-state index contributed by atoms with van der Waals surface area (Å²) in [4.78, 5) is 4.29. The fourth-order valence-corrected chi connectivity index (χ4v) is 2.88. The van der Waals surface area contributed by atoms with Crippen LogP contribution in [0.1, 0.15) is 0 Å². The van der Waals surface area contributed by atoms with Gasteiger partial charge in [0.15, 0.2) is 0 Å². The van der Waals surface area contributed by atoms with E-state index in [4.69, 9.17) is 4.74 Å². The molecule has 0 amide bonds. The van der Waals surface area contributed by atoms with Crippen LogP contribution in [-0.4, -0.2) is 12.1 Å². The van der Waals surface area contributed by atoms with Gasteiger partial charge in [0.05, 0.1) is 16.1 Å². The number of rotatable bonds is 3. The Kier molecular flexibility index (Phi) is 4.64. The number of aromatic nitrogens is 1. The van der Waals surface area contributed by atoms with Crippen molar-refractivity contribution in [2.45, 2.75) is 0 Å². The highest BCUT2D eigenvalue weighted by Crippen LogP contribution is 2.31. The molecule has 1 aromatic heterocycles. The molecule has 94 valence electrons. The van der Waals surface area contributed by atoms with E-state index in [0.29, 0.717) is 0 Å². The molecule has 1 N–H and O–H groups in total. The Morgan fingerprint density at radius 3 is 2.56 bits per heavy atom. The predicted molar refractivity (Wildman–Crippen MR) is 83.6 cm³/mol. The van der Waals surface area contributed by atoms with E-state index in [1.54, 1.807) is 13.3 Å². The first kappa shape index (κ1) is 13.8. The summed E-state index contributed by atoms with van der Waals surface area (Å²) in [7, 11) is 1.64. The van der Waals surface area contributed by atoms with Gasteiger partial charge >= 0.3 is 0 Å². The van der Waals surface area contributed by atoms with Gasteiger partial charge in [0.1, 0.15) is 11.6 Å². The van der Waals surface area contributed by atoms with Gasteiger partial charge in [-0.1, -0.05) is 0 Å². The average Bonchev–Trinajstić information content (AvgIpc) is 2.35. The third-order valence-electron chi connectivity index (χ3n) is 2.22. The van der Waals surface area contributed by atoms with Crippen molar-refractivity contribution in [2.75, 3.05) is 12.4 Å². The molecule has 0 saturated heterocycles. The predicted octanol–water partition coefficient (Wildman–Crippen LogP) is 5.12. The lowest BCUT2D eigenvalue weighted by molar-refractivity contribution is 0.412. The van der Waals surface area contributed by atoms with Crippen molar-refractivity contribution >= 4 is 59.3 Å². The van der Waals surface area contributed by atoms with E-state index in [1.807, 2.05) is 24.3 Å².